The molecule has 44 heavy (non-hydrogen) atoms. The van der Waals surface area contributed by atoms with E-state index in [1.54, 1.807) is 0 Å². The number of benzene rings is 7. The Morgan fingerprint density at radius 1 is 0.318 bits per heavy atom. The Bertz CT molecular complexity index is 2250. The highest BCUT2D eigenvalue weighted by Crippen LogP contribution is 2.54. The molecule has 0 nitrogen and oxygen atoms in total. The monoisotopic (exact) mass is 598 g/mol. The van der Waals surface area contributed by atoms with E-state index in [1.807, 2.05) is 11.3 Å². The van der Waals surface area contributed by atoms with Crippen molar-refractivity contribution >= 4 is 43.1 Å². The van der Waals surface area contributed by atoms with Crippen LogP contribution in [0.3, 0.4) is 0 Å². The van der Waals surface area contributed by atoms with Gasteiger partial charge in [-0.3, -0.25) is 0 Å². The van der Waals surface area contributed by atoms with Crippen LogP contribution in [0.4, 0.5) is 0 Å². The van der Waals surface area contributed by atoms with Crippen LogP contribution in [0.2, 0.25) is 5.02 Å². The molecule has 0 amide bonds. The van der Waals surface area contributed by atoms with E-state index in [0.717, 1.165) is 55.1 Å². The lowest BCUT2D eigenvalue weighted by molar-refractivity contribution is 1.53. The van der Waals surface area contributed by atoms with Crippen LogP contribution in [0.1, 0.15) is 0 Å². The van der Waals surface area contributed by atoms with Gasteiger partial charge in [0.1, 0.15) is 0 Å². The van der Waals surface area contributed by atoms with Gasteiger partial charge in [-0.25, -0.2) is 0 Å². The predicted molar refractivity (Wildman–Crippen MR) is 192 cm³/mol. The second-order valence-electron chi connectivity index (χ2n) is 11.0. The lowest BCUT2D eigenvalue weighted by Crippen LogP contribution is -1.99. The summed E-state index contributed by atoms with van der Waals surface area (Å²) < 4.78 is 2.55. The van der Waals surface area contributed by atoms with Gasteiger partial charge in [0, 0.05) is 31.3 Å². The fourth-order valence-corrected chi connectivity index (χ4v) is 7.98. The van der Waals surface area contributed by atoms with E-state index >= 15 is 0 Å². The summed E-state index contributed by atoms with van der Waals surface area (Å²) >= 11 is 9.62. The Morgan fingerprint density at radius 3 is 1.23 bits per heavy atom. The van der Waals surface area contributed by atoms with Crippen LogP contribution in [0.5, 0.6) is 0 Å². The zero-order valence-electron chi connectivity index (χ0n) is 23.9. The number of fused-ring (bicyclic) bond motifs is 3. The SMILES string of the molecule is Clc1c(-c2ccccc2)c(-c2ccccc2)c(-c2ccccc2)c(-c2ccccc2)c1-c1ccc2c(c1)sc1ccccc12. The summed E-state index contributed by atoms with van der Waals surface area (Å²) in [4.78, 5) is 0. The molecule has 0 saturated carbocycles. The minimum Gasteiger partial charge on any atom is -0.135 e. The van der Waals surface area contributed by atoms with Crippen molar-refractivity contribution in [1.29, 1.82) is 0 Å². The maximum atomic E-state index is 7.78. The van der Waals surface area contributed by atoms with E-state index in [0.29, 0.717) is 0 Å². The van der Waals surface area contributed by atoms with Crippen molar-refractivity contribution in [3.63, 3.8) is 0 Å². The van der Waals surface area contributed by atoms with Crippen molar-refractivity contribution in [2.45, 2.75) is 0 Å². The Labute approximate surface area is 266 Å². The van der Waals surface area contributed by atoms with Crippen molar-refractivity contribution in [3.8, 4) is 55.6 Å². The van der Waals surface area contributed by atoms with Gasteiger partial charge in [0.15, 0.2) is 0 Å². The molecule has 0 N–H and O–H groups in total. The highest BCUT2D eigenvalue weighted by molar-refractivity contribution is 7.25. The zero-order valence-corrected chi connectivity index (χ0v) is 25.4. The molecule has 0 spiro atoms. The minimum absolute atomic E-state index is 0.758. The number of thiophene rings is 1. The van der Waals surface area contributed by atoms with Gasteiger partial charge >= 0.3 is 0 Å². The number of hydrogen-bond acceptors (Lipinski definition) is 1. The lowest BCUT2D eigenvalue weighted by Gasteiger charge is -2.26. The molecule has 0 atom stereocenters. The molecule has 1 heterocycles. The molecule has 0 aliphatic rings. The highest BCUT2D eigenvalue weighted by Gasteiger charge is 2.27. The van der Waals surface area contributed by atoms with Crippen molar-refractivity contribution in [1.82, 2.24) is 0 Å². The van der Waals surface area contributed by atoms with Gasteiger partial charge in [-0.15, -0.1) is 11.3 Å². The van der Waals surface area contributed by atoms with Crippen LogP contribution >= 0.6 is 22.9 Å². The van der Waals surface area contributed by atoms with E-state index in [1.165, 1.54) is 25.7 Å². The number of hydrogen-bond donors (Lipinski definition) is 0. The summed E-state index contributed by atoms with van der Waals surface area (Å²) in [6.45, 7) is 0. The fraction of sp³-hybridized carbons (Fsp3) is 0. The third kappa shape index (κ3) is 4.53. The maximum Gasteiger partial charge on any atom is 0.0575 e. The molecule has 208 valence electrons. The smallest absolute Gasteiger partial charge is 0.0575 e. The second-order valence-corrected chi connectivity index (χ2v) is 12.4. The quantitative estimate of drug-likeness (QED) is 0.185. The molecule has 0 saturated heterocycles. The largest absolute Gasteiger partial charge is 0.135 e. The standard InChI is InChI=1S/C42H27ClS/c43-42-40(31-21-11-4-12-22-31)38(29-17-7-2-8-18-29)37(28-15-5-1-6-16-28)39(30-19-9-3-10-20-30)41(42)32-25-26-34-33-23-13-14-24-35(33)44-36(34)27-32/h1-27H. The molecule has 8 rings (SSSR count). The van der Waals surface area contributed by atoms with Gasteiger partial charge in [-0.2, -0.15) is 0 Å². The normalized spacial score (nSPS) is 11.3. The van der Waals surface area contributed by atoms with Crippen LogP contribution in [0.15, 0.2) is 164 Å². The third-order valence-corrected chi connectivity index (χ3v) is 9.87. The van der Waals surface area contributed by atoms with E-state index in [2.05, 4.69) is 164 Å². The van der Waals surface area contributed by atoms with Gasteiger partial charge in [-0.05, 0) is 56.6 Å². The van der Waals surface area contributed by atoms with Gasteiger partial charge in [0.2, 0.25) is 0 Å². The van der Waals surface area contributed by atoms with Crippen molar-refractivity contribution in [2.24, 2.45) is 0 Å². The van der Waals surface area contributed by atoms with E-state index in [-0.39, 0.29) is 0 Å². The predicted octanol–water partition coefficient (Wildman–Crippen LogP) is 13.0. The van der Waals surface area contributed by atoms with Crippen molar-refractivity contribution in [2.75, 3.05) is 0 Å². The molecule has 0 aliphatic heterocycles. The van der Waals surface area contributed by atoms with E-state index in [9.17, 15) is 0 Å². The summed E-state index contributed by atoms with van der Waals surface area (Å²) in [5, 5.41) is 3.33. The lowest BCUT2D eigenvalue weighted by atomic mass is 9.78. The molecule has 0 unspecified atom stereocenters. The first-order chi connectivity index (χ1) is 21.8. The van der Waals surface area contributed by atoms with Gasteiger partial charge in [0.05, 0.1) is 5.02 Å². The Kier molecular flexibility index (Phi) is 6.83. The average Bonchev–Trinajstić information content (AvgIpc) is 3.47. The molecular formula is C42H27ClS. The Balaban J connectivity index is 1.58. The van der Waals surface area contributed by atoms with Crippen LogP contribution in [-0.4, -0.2) is 0 Å². The first-order valence-electron chi connectivity index (χ1n) is 14.8. The van der Waals surface area contributed by atoms with Crippen LogP contribution < -0.4 is 0 Å². The molecule has 0 radical (unpaired) electrons. The van der Waals surface area contributed by atoms with E-state index < -0.39 is 0 Å². The first kappa shape index (κ1) is 26.7. The van der Waals surface area contributed by atoms with Gasteiger partial charge in [-0.1, -0.05) is 163 Å². The molecule has 2 heteroatoms. The Morgan fingerprint density at radius 2 is 0.705 bits per heavy atom. The number of halogens is 1. The minimum atomic E-state index is 0.758. The molecule has 8 aromatic rings. The molecule has 0 bridgehead atoms. The summed E-state index contributed by atoms with van der Waals surface area (Å²) in [6, 6.07) is 58.3. The second kappa shape index (κ2) is 11.3. The van der Waals surface area contributed by atoms with Gasteiger partial charge < -0.3 is 0 Å². The average molecular weight is 599 g/mol. The summed E-state index contributed by atoms with van der Waals surface area (Å²) in [5.41, 5.74) is 11.2. The Hall–Kier alpha value is -4.95. The van der Waals surface area contributed by atoms with Crippen molar-refractivity contribution < 1.29 is 0 Å². The number of rotatable bonds is 5. The van der Waals surface area contributed by atoms with Crippen LogP contribution in [0.25, 0.3) is 75.8 Å². The topological polar surface area (TPSA) is 0 Å². The zero-order chi connectivity index (χ0) is 29.5. The molecule has 0 aliphatic carbocycles. The summed E-state index contributed by atoms with van der Waals surface area (Å²) in [6.07, 6.45) is 0. The first-order valence-corrected chi connectivity index (χ1v) is 16.0. The van der Waals surface area contributed by atoms with Crippen LogP contribution in [0, 0.1) is 0 Å². The molecular weight excluding hydrogens is 572 g/mol. The van der Waals surface area contributed by atoms with Crippen molar-refractivity contribution in [3.05, 3.63) is 169 Å². The van der Waals surface area contributed by atoms with Gasteiger partial charge in [0.25, 0.3) is 0 Å². The highest BCUT2D eigenvalue weighted by atomic mass is 35.5. The van der Waals surface area contributed by atoms with Crippen LogP contribution in [-0.2, 0) is 0 Å². The fourth-order valence-electron chi connectivity index (χ4n) is 6.43. The molecule has 1 aromatic heterocycles. The molecule has 0 fully saturated rings. The summed E-state index contributed by atoms with van der Waals surface area (Å²) in [5.74, 6) is 0. The maximum absolute atomic E-state index is 7.78. The third-order valence-electron chi connectivity index (χ3n) is 8.36. The summed E-state index contributed by atoms with van der Waals surface area (Å²) in [7, 11) is 0. The molecule has 7 aromatic carbocycles. The van der Waals surface area contributed by atoms with E-state index in [4.69, 9.17) is 11.6 Å².